The molecule has 0 unspecified atom stereocenters. The average Bonchev–Trinajstić information content (AvgIpc) is 2.66. The summed E-state index contributed by atoms with van der Waals surface area (Å²) < 4.78 is 31.1. The third kappa shape index (κ3) is 5.25. The van der Waals surface area contributed by atoms with Gasteiger partial charge in [-0.25, -0.2) is 8.42 Å². The molecule has 2 atom stereocenters. The lowest BCUT2D eigenvalue weighted by atomic mass is 10.0. The van der Waals surface area contributed by atoms with Gasteiger partial charge in [0.1, 0.15) is 11.8 Å². The molecule has 6 nitrogen and oxygen atoms in total. The van der Waals surface area contributed by atoms with Gasteiger partial charge in [-0.05, 0) is 50.1 Å². The van der Waals surface area contributed by atoms with Gasteiger partial charge in [0, 0.05) is 0 Å². The largest absolute Gasteiger partial charge is 0.497 e. The zero-order chi connectivity index (χ0) is 20.9. The van der Waals surface area contributed by atoms with Gasteiger partial charge in [-0.1, -0.05) is 36.8 Å². The van der Waals surface area contributed by atoms with Gasteiger partial charge in [0.05, 0.1) is 25.1 Å². The fraction of sp³-hybridized carbons (Fsp3) is 0.381. The Kier molecular flexibility index (Phi) is 7.07. The molecular formula is C21H28N2O4S. The minimum Gasteiger partial charge on any atom is -0.497 e. The van der Waals surface area contributed by atoms with Crippen LogP contribution in [0, 0.1) is 6.92 Å². The molecule has 0 fully saturated rings. The number of anilines is 1. The number of ether oxygens (including phenoxy) is 1. The highest BCUT2D eigenvalue weighted by molar-refractivity contribution is 7.92. The van der Waals surface area contributed by atoms with E-state index in [0.717, 1.165) is 27.4 Å². The molecule has 0 saturated heterocycles. The van der Waals surface area contributed by atoms with Crippen LogP contribution < -0.4 is 14.4 Å². The maximum atomic E-state index is 12.9. The number of methoxy groups -OCH3 is 1. The van der Waals surface area contributed by atoms with E-state index in [4.69, 9.17) is 4.74 Å². The molecule has 7 heteroatoms. The van der Waals surface area contributed by atoms with Crippen LogP contribution in [0.5, 0.6) is 5.75 Å². The molecule has 0 spiro atoms. The monoisotopic (exact) mass is 404 g/mol. The third-order valence-corrected chi connectivity index (χ3v) is 5.86. The van der Waals surface area contributed by atoms with E-state index in [2.05, 4.69) is 5.32 Å². The minimum atomic E-state index is -3.64. The number of rotatable bonds is 8. The van der Waals surface area contributed by atoms with Crippen molar-refractivity contribution in [1.82, 2.24) is 5.32 Å². The molecule has 0 radical (unpaired) electrons. The van der Waals surface area contributed by atoms with Gasteiger partial charge < -0.3 is 10.1 Å². The summed E-state index contributed by atoms with van der Waals surface area (Å²) in [5, 5.41) is 2.97. The summed E-state index contributed by atoms with van der Waals surface area (Å²) in [6.07, 6.45) is 1.78. The van der Waals surface area contributed by atoms with E-state index in [0.29, 0.717) is 12.1 Å². The summed E-state index contributed by atoms with van der Waals surface area (Å²) in [4.78, 5) is 12.9. The van der Waals surface area contributed by atoms with Crippen LogP contribution in [0.3, 0.4) is 0 Å². The maximum Gasteiger partial charge on any atom is 0.244 e. The standard InChI is InChI=1S/C21H28N2O4S/c1-6-20(17-9-13-19(27-4)14-10-17)22-21(24)16(3)23(28(5,25)26)18-11-7-15(2)8-12-18/h7-14,16,20H,6H2,1-5H3,(H,22,24)/t16-,20+/m0/s1. The second-order valence-corrected chi connectivity index (χ2v) is 8.67. The minimum absolute atomic E-state index is 0.222. The quantitative estimate of drug-likeness (QED) is 0.731. The van der Waals surface area contributed by atoms with Crippen molar-refractivity contribution < 1.29 is 17.9 Å². The summed E-state index contributed by atoms with van der Waals surface area (Å²) in [5.74, 6) is 0.384. The Bertz CT molecular complexity index is 893. The van der Waals surface area contributed by atoms with Crippen molar-refractivity contribution in [3.05, 3.63) is 59.7 Å². The lowest BCUT2D eigenvalue weighted by Crippen LogP contribution is -2.48. The van der Waals surface area contributed by atoms with Crippen LogP contribution in [0.4, 0.5) is 5.69 Å². The summed E-state index contributed by atoms with van der Waals surface area (Å²) >= 11 is 0. The molecule has 0 aliphatic carbocycles. The number of amides is 1. The van der Waals surface area contributed by atoms with Crippen LogP contribution in [-0.4, -0.2) is 33.7 Å². The van der Waals surface area contributed by atoms with Crippen molar-refractivity contribution in [3.8, 4) is 5.75 Å². The van der Waals surface area contributed by atoms with E-state index in [9.17, 15) is 13.2 Å². The fourth-order valence-electron chi connectivity index (χ4n) is 3.05. The van der Waals surface area contributed by atoms with E-state index in [1.54, 1.807) is 26.2 Å². The van der Waals surface area contributed by atoms with Gasteiger partial charge in [0.15, 0.2) is 0 Å². The maximum absolute atomic E-state index is 12.9. The Morgan fingerprint density at radius 3 is 2.14 bits per heavy atom. The van der Waals surface area contributed by atoms with Crippen LogP contribution in [0.1, 0.15) is 37.4 Å². The third-order valence-electron chi connectivity index (χ3n) is 4.62. The topological polar surface area (TPSA) is 75.7 Å². The van der Waals surface area contributed by atoms with Crippen molar-refractivity contribution in [2.45, 2.75) is 39.3 Å². The number of hydrogen-bond donors (Lipinski definition) is 1. The van der Waals surface area contributed by atoms with Crippen LogP contribution in [-0.2, 0) is 14.8 Å². The first-order chi connectivity index (χ1) is 13.2. The highest BCUT2D eigenvalue weighted by Gasteiger charge is 2.30. The van der Waals surface area contributed by atoms with Crippen molar-refractivity contribution in [2.24, 2.45) is 0 Å². The summed E-state index contributed by atoms with van der Waals surface area (Å²) in [7, 11) is -2.04. The first kappa shape index (κ1) is 21.8. The lowest BCUT2D eigenvalue weighted by Gasteiger charge is -2.30. The van der Waals surface area contributed by atoms with Gasteiger partial charge in [-0.15, -0.1) is 0 Å². The molecule has 0 aromatic heterocycles. The molecule has 1 amide bonds. The fourth-order valence-corrected chi connectivity index (χ4v) is 4.22. The predicted octanol–water partition coefficient (Wildman–Crippen LogP) is 3.43. The van der Waals surface area contributed by atoms with E-state index in [1.807, 2.05) is 50.2 Å². The number of carbonyl (C=O) groups excluding carboxylic acids is 1. The zero-order valence-electron chi connectivity index (χ0n) is 17.0. The Hall–Kier alpha value is -2.54. The summed E-state index contributed by atoms with van der Waals surface area (Å²) in [6, 6.07) is 13.4. The second-order valence-electron chi connectivity index (χ2n) is 6.81. The van der Waals surface area contributed by atoms with Gasteiger partial charge in [0.2, 0.25) is 15.9 Å². The summed E-state index contributed by atoms with van der Waals surface area (Å²) in [5.41, 5.74) is 2.41. The van der Waals surface area contributed by atoms with Crippen LogP contribution in [0.25, 0.3) is 0 Å². The van der Waals surface area contributed by atoms with Gasteiger partial charge in [-0.2, -0.15) is 0 Å². The zero-order valence-corrected chi connectivity index (χ0v) is 17.8. The molecule has 0 bridgehead atoms. The number of aryl methyl sites for hydroxylation is 1. The highest BCUT2D eigenvalue weighted by Crippen LogP contribution is 2.24. The smallest absolute Gasteiger partial charge is 0.244 e. The van der Waals surface area contributed by atoms with Crippen molar-refractivity contribution >= 4 is 21.6 Å². The molecule has 0 aliphatic rings. The van der Waals surface area contributed by atoms with Crippen LogP contribution in [0.2, 0.25) is 0 Å². The molecule has 0 heterocycles. The number of benzene rings is 2. The molecular weight excluding hydrogens is 376 g/mol. The lowest BCUT2D eigenvalue weighted by molar-refractivity contribution is -0.122. The SMILES string of the molecule is CC[C@@H](NC(=O)[C@H](C)N(c1ccc(C)cc1)S(C)(=O)=O)c1ccc(OC)cc1. The highest BCUT2D eigenvalue weighted by atomic mass is 32.2. The molecule has 2 aromatic carbocycles. The molecule has 1 N–H and O–H groups in total. The Morgan fingerprint density at radius 1 is 1.11 bits per heavy atom. The number of nitrogens with one attached hydrogen (secondary N) is 1. The van der Waals surface area contributed by atoms with Gasteiger partial charge in [-0.3, -0.25) is 9.10 Å². The van der Waals surface area contributed by atoms with E-state index in [1.165, 1.54) is 0 Å². The van der Waals surface area contributed by atoms with Gasteiger partial charge >= 0.3 is 0 Å². The second kappa shape index (κ2) is 9.10. The van der Waals surface area contributed by atoms with E-state index < -0.39 is 16.1 Å². The molecule has 2 aromatic rings. The normalized spacial score (nSPS) is 13.5. The van der Waals surface area contributed by atoms with Crippen LogP contribution >= 0.6 is 0 Å². The average molecular weight is 405 g/mol. The Labute approximate surface area is 167 Å². The van der Waals surface area contributed by atoms with Crippen molar-refractivity contribution in [3.63, 3.8) is 0 Å². The van der Waals surface area contributed by atoms with Crippen molar-refractivity contribution in [2.75, 3.05) is 17.7 Å². The Morgan fingerprint density at radius 2 is 1.68 bits per heavy atom. The number of sulfonamides is 1. The van der Waals surface area contributed by atoms with Gasteiger partial charge in [0.25, 0.3) is 0 Å². The summed E-state index contributed by atoms with van der Waals surface area (Å²) in [6.45, 7) is 5.48. The number of carbonyl (C=O) groups is 1. The first-order valence-corrected chi connectivity index (χ1v) is 11.0. The van der Waals surface area contributed by atoms with Crippen LogP contribution in [0.15, 0.2) is 48.5 Å². The van der Waals surface area contributed by atoms with E-state index >= 15 is 0 Å². The first-order valence-electron chi connectivity index (χ1n) is 9.17. The number of hydrogen-bond acceptors (Lipinski definition) is 4. The predicted molar refractivity (Wildman–Crippen MR) is 112 cm³/mol. The van der Waals surface area contributed by atoms with E-state index in [-0.39, 0.29) is 11.9 Å². The van der Waals surface area contributed by atoms with Crippen molar-refractivity contribution in [1.29, 1.82) is 0 Å². The Balaban J connectivity index is 2.24. The molecule has 0 saturated carbocycles. The molecule has 0 aliphatic heterocycles. The molecule has 152 valence electrons. The number of nitrogens with zero attached hydrogens (tertiary/aromatic N) is 1. The molecule has 2 rings (SSSR count). The molecule has 28 heavy (non-hydrogen) atoms.